The molecular formula is C42H30N4O. The topological polar surface area (TPSA) is 33.5 Å². The molecule has 1 aliphatic heterocycles. The SMILES string of the molecule is c1ccc(-c2ccnc(-n3c4ccccc4c4ccc(Oc5cccc(N6CN(c7ccccc7)c7ccccc76)c5)cc43)c2)cc1. The van der Waals surface area contributed by atoms with Crippen LogP contribution in [0.4, 0.5) is 22.7 Å². The lowest BCUT2D eigenvalue weighted by molar-refractivity contribution is 0.483. The molecule has 0 radical (unpaired) electrons. The number of nitrogens with zero attached hydrogens (tertiary/aromatic N) is 4. The maximum absolute atomic E-state index is 6.59. The van der Waals surface area contributed by atoms with E-state index in [1.165, 1.54) is 22.4 Å². The van der Waals surface area contributed by atoms with Gasteiger partial charge in [0.25, 0.3) is 0 Å². The Labute approximate surface area is 273 Å². The summed E-state index contributed by atoms with van der Waals surface area (Å²) < 4.78 is 8.83. The predicted molar refractivity (Wildman–Crippen MR) is 193 cm³/mol. The second-order valence-corrected chi connectivity index (χ2v) is 11.7. The number of para-hydroxylation sites is 4. The number of rotatable bonds is 6. The van der Waals surface area contributed by atoms with Crippen LogP contribution >= 0.6 is 0 Å². The van der Waals surface area contributed by atoms with Gasteiger partial charge >= 0.3 is 0 Å². The number of hydrogen-bond acceptors (Lipinski definition) is 4. The summed E-state index contributed by atoms with van der Waals surface area (Å²) in [5.41, 5.74) is 9.04. The number of ether oxygens (including phenoxy) is 1. The fraction of sp³-hybridized carbons (Fsp3) is 0.0238. The van der Waals surface area contributed by atoms with E-state index in [4.69, 9.17) is 9.72 Å². The minimum atomic E-state index is 0.716. The Morgan fingerprint density at radius 1 is 0.468 bits per heavy atom. The largest absolute Gasteiger partial charge is 0.457 e. The van der Waals surface area contributed by atoms with Crippen molar-refractivity contribution < 1.29 is 4.74 Å². The van der Waals surface area contributed by atoms with Gasteiger partial charge in [-0.2, -0.15) is 0 Å². The number of pyridine rings is 1. The summed E-state index contributed by atoms with van der Waals surface area (Å²) >= 11 is 0. The highest BCUT2D eigenvalue weighted by molar-refractivity contribution is 6.09. The third-order valence-electron chi connectivity index (χ3n) is 8.91. The molecule has 0 spiro atoms. The first-order valence-corrected chi connectivity index (χ1v) is 15.8. The quantitative estimate of drug-likeness (QED) is 0.189. The van der Waals surface area contributed by atoms with Gasteiger partial charge in [-0.25, -0.2) is 4.98 Å². The van der Waals surface area contributed by atoms with Crippen LogP contribution in [0.15, 0.2) is 170 Å². The van der Waals surface area contributed by atoms with E-state index in [0.29, 0.717) is 6.67 Å². The lowest BCUT2D eigenvalue weighted by Crippen LogP contribution is -2.23. The van der Waals surface area contributed by atoms with Crippen molar-refractivity contribution in [3.63, 3.8) is 0 Å². The highest BCUT2D eigenvalue weighted by Gasteiger charge is 2.27. The van der Waals surface area contributed by atoms with E-state index in [1.807, 2.05) is 18.3 Å². The van der Waals surface area contributed by atoms with Gasteiger partial charge in [-0.3, -0.25) is 4.57 Å². The minimum Gasteiger partial charge on any atom is -0.457 e. The summed E-state index contributed by atoms with van der Waals surface area (Å²) in [4.78, 5) is 9.51. The molecule has 47 heavy (non-hydrogen) atoms. The molecule has 224 valence electrons. The first kappa shape index (κ1) is 27.0. The number of fused-ring (bicyclic) bond motifs is 4. The van der Waals surface area contributed by atoms with Gasteiger partial charge in [-0.15, -0.1) is 0 Å². The van der Waals surface area contributed by atoms with Crippen molar-refractivity contribution in [3.8, 4) is 28.4 Å². The number of hydrogen-bond donors (Lipinski definition) is 0. The van der Waals surface area contributed by atoms with Crippen molar-refractivity contribution in [3.05, 3.63) is 170 Å². The Bertz CT molecular complexity index is 2380. The Balaban J connectivity index is 1.09. The summed E-state index contributed by atoms with van der Waals surface area (Å²) in [6.45, 7) is 0.716. The van der Waals surface area contributed by atoms with Crippen molar-refractivity contribution in [2.45, 2.75) is 0 Å². The maximum Gasteiger partial charge on any atom is 0.138 e. The van der Waals surface area contributed by atoms with Crippen molar-refractivity contribution >= 4 is 44.6 Å². The van der Waals surface area contributed by atoms with E-state index in [2.05, 4.69) is 166 Å². The van der Waals surface area contributed by atoms with Crippen molar-refractivity contribution in [1.82, 2.24) is 9.55 Å². The molecule has 1 aliphatic rings. The fourth-order valence-electron chi connectivity index (χ4n) is 6.73. The van der Waals surface area contributed by atoms with Gasteiger partial charge in [-0.1, -0.05) is 84.9 Å². The van der Waals surface area contributed by atoms with E-state index in [9.17, 15) is 0 Å². The van der Waals surface area contributed by atoms with Crippen molar-refractivity contribution in [2.24, 2.45) is 0 Å². The van der Waals surface area contributed by atoms with Gasteiger partial charge in [-0.05, 0) is 77.9 Å². The molecule has 5 heteroatoms. The Hall–Kier alpha value is -6.33. The number of aromatic nitrogens is 2. The highest BCUT2D eigenvalue weighted by Crippen LogP contribution is 2.45. The van der Waals surface area contributed by atoms with E-state index in [0.717, 1.165) is 50.6 Å². The average Bonchev–Trinajstić information content (AvgIpc) is 3.69. The second-order valence-electron chi connectivity index (χ2n) is 11.7. The van der Waals surface area contributed by atoms with Gasteiger partial charge < -0.3 is 14.5 Å². The molecule has 0 fully saturated rings. The molecule has 0 saturated heterocycles. The van der Waals surface area contributed by atoms with E-state index >= 15 is 0 Å². The zero-order chi connectivity index (χ0) is 31.2. The van der Waals surface area contributed by atoms with Gasteiger partial charge in [0.1, 0.15) is 24.0 Å². The van der Waals surface area contributed by atoms with E-state index in [-0.39, 0.29) is 0 Å². The molecule has 3 heterocycles. The summed E-state index contributed by atoms with van der Waals surface area (Å²) in [5, 5.41) is 2.34. The molecule has 9 rings (SSSR count). The van der Waals surface area contributed by atoms with Crippen LogP contribution in [0.5, 0.6) is 11.5 Å². The highest BCUT2D eigenvalue weighted by atomic mass is 16.5. The molecule has 6 aromatic carbocycles. The lowest BCUT2D eigenvalue weighted by Gasteiger charge is -2.22. The lowest BCUT2D eigenvalue weighted by atomic mass is 10.1. The van der Waals surface area contributed by atoms with Crippen LogP contribution < -0.4 is 14.5 Å². The summed E-state index contributed by atoms with van der Waals surface area (Å²) in [6.07, 6.45) is 1.89. The zero-order valence-electron chi connectivity index (χ0n) is 25.6. The molecule has 8 aromatic rings. The summed E-state index contributed by atoms with van der Waals surface area (Å²) in [5.74, 6) is 2.42. The first-order valence-electron chi connectivity index (χ1n) is 15.8. The fourth-order valence-corrected chi connectivity index (χ4v) is 6.73. The first-order chi connectivity index (χ1) is 23.3. The third kappa shape index (κ3) is 4.77. The standard InChI is InChI=1S/C42H30N4O/c1-3-12-30(13-4-1)31-24-25-43-42(26-31)46-38-19-8-7-18-36(38)37-23-22-35(28-41(37)46)47-34-17-11-16-33(27-34)45-29-44(32-14-5-2-6-15-32)39-20-9-10-21-40(39)45/h1-28H,29H2. The molecule has 2 aromatic heterocycles. The molecule has 0 amide bonds. The van der Waals surface area contributed by atoms with Crippen LogP contribution in [0.25, 0.3) is 38.8 Å². The molecule has 0 saturated carbocycles. The number of anilines is 4. The van der Waals surface area contributed by atoms with Crippen LogP contribution in [0.1, 0.15) is 0 Å². The molecule has 0 atom stereocenters. The van der Waals surface area contributed by atoms with Crippen molar-refractivity contribution in [1.29, 1.82) is 0 Å². The van der Waals surface area contributed by atoms with E-state index < -0.39 is 0 Å². The van der Waals surface area contributed by atoms with E-state index in [1.54, 1.807) is 0 Å². The number of benzene rings is 6. The maximum atomic E-state index is 6.59. The third-order valence-corrected chi connectivity index (χ3v) is 8.91. The molecule has 5 nitrogen and oxygen atoms in total. The molecule has 0 N–H and O–H groups in total. The van der Waals surface area contributed by atoms with Crippen LogP contribution in [0.3, 0.4) is 0 Å². The van der Waals surface area contributed by atoms with Gasteiger partial charge in [0, 0.05) is 40.5 Å². The minimum absolute atomic E-state index is 0.716. The summed E-state index contributed by atoms with van der Waals surface area (Å²) in [6, 6.07) is 56.9. The summed E-state index contributed by atoms with van der Waals surface area (Å²) in [7, 11) is 0. The molecular weight excluding hydrogens is 576 g/mol. The van der Waals surface area contributed by atoms with Gasteiger partial charge in [0.2, 0.25) is 0 Å². The normalized spacial score (nSPS) is 12.5. The molecule has 0 unspecified atom stereocenters. The van der Waals surface area contributed by atoms with Crippen LogP contribution in [0, 0.1) is 0 Å². The second kappa shape index (κ2) is 11.2. The van der Waals surface area contributed by atoms with Crippen LogP contribution in [-0.4, -0.2) is 16.2 Å². The monoisotopic (exact) mass is 606 g/mol. The van der Waals surface area contributed by atoms with Crippen LogP contribution in [-0.2, 0) is 0 Å². The Morgan fingerprint density at radius 3 is 1.96 bits per heavy atom. The van der Waals surface area contributed by atoms with Gasteiger partial charge in [0.05, 0.1) is 22.4 Å². The smallest absolute Gasteiger partial charge is 0.138 e. The molecule has 0 bridgehead atoms. The predicted octanol–water partition coefficient (Wildman–Crippen LogP) is 10.9. The Morgan fingerprint density at radius 2 is 1.13 bits per heavy atom. The van der Waals surface area contributed by atoms with Gasteiger partial charge in [0.15, 0.2) is 0 Å². The van der Waals surface area contributed by atoms with Crippen molar-refractivity contribution in [2.75, 3.05) is 16.5 Å². The average molecular weight is 607 g/mol. The Kier molecular flexibility index (Phi) is 6.46. The zero-order valence-corrected chi connectivity index (χ0v) is 25.6. The molecule has 0 aliphatic carbocycles. The van der Waals surface area contributed by atoms with Crippen LogP contribution in [0.2, 0.25) is 0 Å².